The summed E-state index contributed by atoms with van der Waals surface area (Å²) in [5.74, 6) is 2.09. The second-order valence-corrected chi connectivity index (χ2v) is 8.23. The summed E-state index contributed by atoms with van der Waals surface area (Å²) in [5, 5.41) is 9.45. The van der Waals surface area contributed by atoms with Crippen LogP contribution >= 0.6 is 23.1 Å². The molecule has 142 valence electrons. The maximum atomic E-state index is 4.91. The quantitative estimate of drug-likeness (QED) is 0.319. The Balaban J connectivity index is 1.40. The van der Waals surface area contributed by atoms with E-state index in [1.165, 1.54) is 0 Å². The highest BCUT2D eigenvalue weighted by molar-refractivity contribution is 8.00. The predicted molar refractivity (Wildman–Crippen MR) is 107 cm³/mol. The molecular formula is C17H26N6OS2. The zero-order valence-corrected chi connectivity index (χ0v) is 16.8. The normalized spacial score (nSPS) is 16.2. The lowest BCUT2D eigenvalue weighted by Gasteiger charge is -2.36. The number of hydrogen-bond acceptors (Lipinski definition) is 7. The summed E-state index contributed by atoms with van der Waals surface area (Å²) >= 11 is 3.51. The SMILES string of the molecule is CCNC(=NCCCSc1nccs1)N1CCN(Cc2ccon2)CC1. The molecule has 1 aliphatic rings. The van der Waals surface area contributed by atoms with E-state index in [2.05, 4.69) is 32.2 Å². The summed E-state index contributed by atoms with van der Waals surface area (Å²) in [4.78, 5) is 13.9. The zero-order chi connectivity index (χ0) is 18.0. The van der Waals surface area contributed by atoms with Crippen molar-refractivity contribution in [1.82, 2.24) is 25.3 Å². The number of thioether (sulfide) groups is 1. The zero-order valence-electron chi connectivity index (χ0n) is 15.1. The van der Waals surface area contributed by atoms with Crippen molar-refractivity contribution in [2.75, 3.05) is 45.0 Å². The molecule has 0 spiro atoms. The summed E-state index contributed by atoms with van der Waals surface area (Å²) in [7, 11) is 0. The van der Waals surface area contributed by atoms with Crippen LogP contribution < -0.4 is 5.32 Å². The predicted octanol–water partition coefficient (Wildman–Crippen LogP) is 2.40. The van der Waals surface area contributed by atoms with Crippen molar-refractivity contribution in [3.8, 4) is 0 Å². The second kappa shape index (κ2) is 10.5. The van der Waals surface area contributed by atoms with E-state index in [1.807, 2.05) is 29.4 Å². The number of aliphatic imine (C=N–C) groups is 1. The highest BCUT2D eigenvalue weighted by Gasteiger charge is 2.20. The Morgan fingerprint density at radius 1 is 1.38 bits per heavy atom. The maximum Gasteiger partial charge on any atom is 0.194 e. The summed E-state index contributed by atoms with van der Waals surface area (Å²) in [6.45, 7) is 8.70. The lowest BCUT2D eigenvalue weighted by Crippen LogP contribution is -2.52. The van der Waals surface area contributed by atoms with E-state index >= 15 is 0 Å². The summed E-state index contributed by atoms with van der Waals surface area (Å²) in [5.41, 5.74) is 0.997. The van der Waals surface area contributed by atoms with Crippen LogP contribution in [-0.2, 0) is 6.54 Å². The molecule has 0 aliphatic carbocycles. The van der Waals surface area contributed by atoms with Gasteiger partial charge in [0.2, 0.25) is 0 Å². The van der Waals surface area contributed by atoms with Gasteiger partial charge in [-0.3, -0.25) is 9.89 Å². The van der Waals surface area contributed by atoms with Gasteiger partial charge < -0.3 is 14.7 Å². The van der Waals surface area contributed by atoms with Crippen LogP contribution in [0.5, 0.6) is 0 Å². The molecule has 0 aromatic carbocycles. The van der Waals surface area contributed by atoms with E-state index in [0.717, 1.165) is 74.0 Å². The Bertz CT molecular complexity index is 638. The number of piperazine rings is 1. The average molecular weight is 395 g/mol. The molecule has 0 atom stereocenters. The van der Waals surface area contributed by atoms with Crippen LogP contribution in [0.3, 0.4) is 0 Å². The van der Waals surface area contributed by atoms with Crippen LogP contribution in [0.15, 0.2) is 37.8 Å². The van der Waals surface area contributed by atoms with E-state index in [0.29, 0.717) is 0 Å². The van der Waals surface area contributed by atoms with Crippen molar-refractivity contribution in [2.45, 2.75) is 24.2 Å². The molecule has 1 saturated heterocycles. The van der Waals surface area contributed by atoms with E-state index in [1.54, 1.807) is 17.6 Å². The molecule has 0 bridgehead atoms. The molecule has 0 unspecified atom stereocenters. The minimum absolute atomic E-state index is 0.847. The number of nitrogens with one attached hydrogen (secondary N) is 1. The molecule has 1 aliphatic heterocycles. The van der Waals surface area contributed by atoms with Gasteiger partial charge in [-0.05, 0) is 13.3 Å². The topological polar surface area (TPSA) is 69.8 Å². The fourth-order valence-corrected chi connectivity index (χ4v) is 4.41. The van der Waals surface area contributed by atoms with Crippen LogP contribution in [0, 0.1) is 0 Å². The molecule has 1 N–H and O–H groups in total. The number of hydrogen-bond donors (Lipinski definition) is 1. The maximum absolute atomic E-state index is 4.91. The van der Waals surface area contributed by atoms with Gasteiger partial charge in [0.25, 0.3) is 0 Å². The molecule has 2 aromatic heterocycles. The summed E-state index contributed by atoms with van der Waals surface area (Å²) in [6.07, 6.45) is 4.55. The number of thiazole rings is 1. The smallest absolute Gasteiger partial charge is 0.194 e. The number of guanidine groups is 1. The first kappa shape index (κ1) is 19.2. The van der Waals surface area contributed by atoms with Crippen LogP contribution in [-0.4, -0.2) is 70.9 Å². The molecule has 0 saturated carbocycles. The fourth-order valence-electron chi connectivity index (χ4n) is 2.78. The summed E-state index contributed by atoms with van der Waals surface area (Å²) in [6, 6.07) is 1.93. The Morgan fingerprint density at radius 2 is 2.27 bits per heavy atom. The largest absolute Gasteiger partial charge is 0.364 e. The first-order valence-electron chi connectivity index (χ1n) is 9.02. The molecule has 9 heteroatoms. The minimum atomic E-state index is 0.847. The fraction of sp³-hybridized carbons (Fsp3) is 0.588. The Morgan fingerprint density at radius 3 is 2.96 bits per heavy atom. The second-order valence-electron chi connectivity index (χ2n) is 5.99. The van der Waals surface area contributed by atoms with E-state index in [-0.39, 0.29) is 0 Å². The molecular weight excluding hydrogens is 368 g/mol. The van der Waals surface area contributed by atoms with Crippen molar-refractivity contribution in [2.24, 2.45) is 4.99 Å². The number of rotatable bonds is 8. The highest BCUT2D eigenvalue weighted by atomic mass is 32.2. The van der Waals surface area contributed by atoms with Crippen LogP contribution in [0.2, 0.25) is 0 Å². The molecule has 7 nitrogen and oxygen atoms in total. The average Bonchev–Trinajstić information content (AvgIpc) is 3.35. The third-order valence-corrected chi connectivity index (χ3v) is 6.14. The van der Waals surface area contributed by atoms with Gasteiger partial charge in [-0.2, -0.15) is 0 Å². The summed E-state index contributed by atoms with van der Waals surface area (Å²) < 4.78 is 6.06. The monoisotopic (exact) mass is 394 g/mol. The van der Waals surface area contributed by atoms with Crippen LogP contribution in [0.1, 0.15) is 19.0 Å². The van der Waals surface area contributed by atoms with Crippen molar-refractivity contribution in [1.29, 1.82) is 0 Å². The van der Waals surface area contributed by atoms with Crippen molar-refractivity contribution in [3.63, 3.8) is 0 Å². The van der Waals surface area contributed by atoms with E-state index in [9.17, 15) is 0 Å². The van der Waals surface area contributed by atoms with Gasteiger partial charge in [0.1, 0.15) is 10.6 Å². The molecule has 3 heterocycles. The lowest BCUT2D eigenvalue weighted by molar-refractivity contribution is 0.169. The van der Waals surface area contributed by atoms with Crippen LogP contribution in [0.25, 0.3) is 0 Å². The molecule has 0 amide bonds. The van der Waals surface area contributed by atoms with E-state index in [4.69, 9.17) is 9.52 Å². The van der Waals surface area contributed by atoms with Gasteiger partial charge in [0.05, 0.1) is 5.69 Å². The lowest BCUT2D eigenvalue weighted by atomic mass is 10.3. The van der Waals surface area contributed by atoms with Gasteiger partial charge in [0.15, 0.2) is 5.96 Å². The van der Waals surface area contributed by atoms with E-state index < -0.39 is 0 Å². The third kappa shape index (κ3) is 6.00. The Labute approximate surface area is 162 Å². The molecule has 0 radical (unpaired) electrons. The van der Waals surface area contributed by atoms with Crippen molar-refractivity contribution in [3.05, 3.63) is 29.6 Å². The van der Waals surface area contributed by atoms with Crippen molar-refractivity contribution >= 4 is 29.1 Å². The van der Waals surface area contributed by atoms with Crippen molar-refractivity contribution < 1.29 is 4.52 Å². The van der Waals surface area contributed by atoms with Gasteiger partial charge in [0, 0.05) is 69.2 Å². The standard InChI is InChI=1S/C17H26N6OS2/c1-2-18-16(19-5-3-12-25-17-20-6-13-26-17)23-9-7-22(8-10-23)14-15-4-11-24-21-15/h4,6,11,13H,2-3,5,7-10,12,14H2,1H3,(H,18,19). The molecule has 2 aromatic rings. The Kier molecular flexibility index (Phi) is 7.78. The van der Waals surface area contributed by atoms with Gasteiger partial charge in [-0.15, -0.1) is 11.3 Å². The first-order valence-corrected chi connectivity index (χ1v) is 10.9. The Hall–Kier alpha value is -1.58. The minimum Gasteiger partial charge on any atom is -0.364 e. The molecule has 26 heavy (non-hydrogen) atoms. The highest BCUT2D eigenvalue weighted by Crippen LogP contribution is 2.20. The van der Waals surface area contributed by atoms with Crippen LogP contribution in [0.4, 0.5) is 0 Å². The van der Waals surface area contributed by atoms with Gasteiger partial charge >= 0.3 is 0 Å². The van der Waals surface area contributed by atoms with Gasteiger partial charge in [-0.25, -0.2) is 4.98 Å². The number of aromatic nitrogens is 2. The van der Waals surface area contributed by atoms with Gasteiger partial charge in [-0.1, -0.05) is 16.9 Å². The first-order chi connectivity index (χ1) is 12.8. The third-order valence-electron chi connectivity index (χ3n) is 4.08. The number of nitrogens with zero attached hydrogens (tertiary/aromatic N) is 5. The molecule has 3 rings (SSSR count). The molecule has 1 fully saturated rings.